The summed E-state index contributed by atoms with van der Waals surface area (Å²) >= 11 is 0. The molecule has 144 valence electrons. The molecule has 0 aliphatic carbocycles. The minimum atomic E-state index is -0.357. The molecule has 2 aromatic carbocycles. The van der Waals surface area contributed by atoms with Crippen LogP contribution in [0, 0.1) is 0 Å². The number of amides is 1. The van der Waals surface area contributed by atoms with E-state index < -0.39 is 0 Å². The van der Waals surface area contributed by atoms with Gasteiger partial charge in [0.05, 0.1) is 12.6 Å². The highest BCUT2D eigenvalue weighted by molar-refractivity contribution is 5.67. The van der Waals surface area contributed by atoms with Gasteiger partial charge in [0.25, 0.3) is 0 Å². The summed E-state index contributed by atoms with van der Waals surface area (Å²) in [5.74, 6) is 0. The molecule has 5 heteroatoms. The van der Waals surface area contributed by atoms with Crippen LogP contribution in [0.3, 0.4) is 0 Å². The van der Waals surface area contributed by atoms with Crippen LogP contribution < -0.4 is 10.2 Å². The predicted octanol–water partition coefficient (Wildman–Crippen LogP) is 3.60. The van der Waals surface area contributed by atoms with E-state index in [0.29, 0.717) is 13.2 Å². The Labute approximate surface area is 161 Å². The van der Waals surface area contributed by atoms with Gasteiger partial charge in [0.1, 0.15) is 0 Å². The van der Waals surface area contributed by atoms with Crippen molar-refractivity contribution in [1.82, 2.24) is 10.2 Å². The first kappa shape index (κ1) is 19.2. The first-order valence-electron chi connectivity index (χ1n) is 9.57. The van der Waals surface area contributed by atoms with Crippen molar-refractivity contribution in [2.24, 2.45) is 0 Å². The Hall–Kier alpha value is -2.53. The van der Waals surface area contributed by atoms with Gasteiger partial charge in [-0.15, -0.1) is 0 Å². The van der Waals surface area contributed by atoms with Crippen LogP contribution in [0.2, 0.25) is 0 Å². The lowest BCUT2D eigenvalue weighted by Crippen LogP contribution is -2.40. The van der Waals surface area contributed by atoms with Crippen molar-refractivity contribution in [3.63, 3.8) is 0 Å². The SMILES string of the molecule is CCOC(=O)NC[C@@H](c1ccc(N(C)C)cc1)N1CCc2ccccc2C1. The second-order valence-electron chi connectivity index (χ2n) is 7.09. The lowest BCUT2D eigenvalue weighted by Gasteiger charge is -2.36. The molecule has 1 atom stereocenters. The quantitative estimate of drug-likeness (QED) is 0.847. The fraction of sp³-hybridized carbons (Fsp3) is 0.409. The number of hydrogen-bond donors (Lipinski definition) is 1. The highest BCUT2D eigenvalue weighted by Crippen LogP contribution is 2.28. The monoisotopic (exact) mass is 367 g/mol. The molecule has 3 rings (SSSR count). The van der Waals surface area contributed by atoms with Crippen LogP contribution in [0.25, 0.3) is 0 Å². The zero-order valence-electron chi connectivity index (χ0n) is 16.4. The first-order chi connectivity index (χ1) is 13.1. The molecule has 0 bridgehead atoms. The highest BCUT2D eigenvalue weighted by Gasteiger charge is 2.25. The third-order valence-electron chi connectivity index (χ3n) is 5.11. The van der Waals surface area contributed by atoms with Gasteiger partial charge in [0, 0.05) is 39.4 Å². The third kappa shape index (κ3) is 4.80. The summed E-state index contributed by atoms with van der Waals surface area (Å²) in [5.41, 5.74) is 5.17. The number of benzene rings is 2. The topological polar surface area (TPSA) is 44.8 Å². The molecule has 0 aromatic heterocycles. The van der Waals surface area contributed by atoms with E-state index in [-0.39, 0.29) is 12.1 Å². The number of ether oxygens (including phenoxy) is 1. The van der Waals surface area contributed by atoms with Crippen molar-refractivity contribution in [3.8, 4) is 0 Å². The van der Waals surface area contributed by atoms with Crippen LogP contribution in [0.4, 0.5) is 10.5 Å². The van der Waals surface area contributed by atoms with E-state index in [0.717, 1.165) is 19.5 Å². The molecule has 0 spiro atoms. The van der Waals surface area contributed by atoms with Crippen LogP contribution in [0.5, 0.6) is 0 Å². The molecule has 0 saturated carbocycles. The highest BCUT2D eigenvalue weighted by atomic mass is 16.5. The summed E-state index contributed by atoms with van der Waals surface area (Å²) in [6, 6.07) is 17.3. The first-order valence-corrected chi connectivity index (χ1v) is 9.57. The van der Waals surface area contributed by atoms with Crippen molar-refractivity contribution in [1.29, 1.82) is 0 Å². The summed E-state index contributed by atoms with van der Waals surface area (Å²) in [6.07, 6.45) is 0.673. The zero-order chi connectivity index (χ0) is 19.2. The van der Waals surface area contributed by atoms with Crippen molar-refractivity contribution in [2.75, 3.05) is 38.7 Å². The second kappa shape index (κ2) is 8.91. The molecule has 1 N–H and O–H groups in total. The van der Waals surface area contributed by atoms with Crippen LogP contribution in [-0.4, -0.2) is 44.8 Å². The number of carbonyl (C=O) groups is 1. The summed E-state index contributed by atoms with van der Waals surface area (Å²) in [7, 11) is 4.08. The van der Waals surface area contributed by atoms with Crippen molar-refractivity contribution in [3.05, 3.63) is 65.2 Å². The number of alkyl carbamates (subject to hydrolysis) is 1. The minimum absolute atomic E-state index is 0.110. The Bertz CT molecular complexity index is 758. The molecule has 0 unspecified atom stereocenters. The normalized spacial score (nSPS) is 14.9. The minimum Gasteiger partial charge on any atom is -0.450 e. The Morgan fingerprint density at radius 2 is 1.85 bits per heavy atom. The lowest BCUT2D eigenvalue weighted by molar-refractivity contribution is 0.139. The van der Waals surface area contributed by atoms with E-state index in [1.165, 1.54) is 22.4 Å². The van der Waals surface area contributed by atoms with Gasteiger partial charge in [-0.25, -0.2) is 4.79 Å². The van der Waals surface area contributed by atoms with Gasteiger partial charge < -0.3 is 15.0 Å². The fourth-order valence-electron chi connectivity index (χ4n) is 3.60. The van der Waals surface area contributed by atoms with E-state index in [9.17, 15) is 4.79 Å². The average Bonchev–Trinajstić information content (AvgIpc) is 2.68. The molecular weight excluding hydrogens is 338 g/mol. The maximum atomic E-state index is 11.8. The predicted molar refractivity (Wildman–Crippen MR) is 109 cm³/mol. The average molecular weight is 367 g/mol. The standard InChI is InChI=1S/C22H29N3O2/c1-4-27-22(26)23-15-21(18-9-11-20(12-10-18)24(2)3)25-14-13-17-7-5-6-8-19(17)16-25/h5-12,21H,4,13-16H2,1-3H3,(H,23,26)/t21-/m0/s1. The van der Waals surface area contributed by atoms with Gasteiger partial charge in [0.15, 0.2) is 0 Å². The van der Waals surface area contributed by atoms with Crippen molar-refractivity contribution < 1.29 is 9.53 Å². The van der Waals surface area contributed by atoms with Crippen LogP contribution in [0.1, 0.15) is 29.7 Å². The number of fused-ring (bicyclic) bond motifs is 1. The summed E-state index contributed by atoms with van der Waals surface area (Å²) < 4.78 is 5.05. The molecule has 2 aromatic rings. The summed E-state index contributed by atoms with van der Waals surface area (Å²) in [5, 5.41) is 2.93. The smallest absolute Gasteiger partial charge is 0.407 e. The molecule has 0 saturated heterocycles. The van der Waals surface area contributed by atoms with Crippen LogP contribution in [0.15, 0.2) is 48.5 Å². The Morgan fingerprint density at radius 3 is 2.52 bits per heavy atom. The van der Waals surface area contributed by atoms with Gasteiger partial charge in [-0.2, -0.15) is 0 Å². The van der Waals surface area contributed by atoms with Crippen molar-refractivity contribution >= 4 is 11.8 Å². The van der Waals surface area contributed by atoms with Crippen LogP contribution in [-0.2, 0) is 17.7 Å². The molecule has 0 radical (unpaired) electrons. The van der Waals surface area contributed by atoms with Crippen molar-refractivity contribution in [2.45, 2.75) is 25.9 Å². The maximum absolute atomic E-state index is 11.8. The number of nitrogens with zero attached hydrogens (tertiary/aromatic N) is 2. The Balaban J connectivity index is 1.80. The van der Waals surface area contributed by atoms with E-state index in [1.54, 1.807) is 0 Å². The van der Waals surface area contributed by atoms with E-state index in [4.69, 9.17) is 4.74 Å². The molecule has 1 amide bonds. The van der Waals surface area contributed by atoms with Gasteiger partial charge in [-0.1, -0.05) is 36.4 Å². The largest absolute Gasteiger partial charge is 0.450 e. The maximum Gasteiger partial charge on any atom is 0.407 e. The fourth-order valence-corrected chi connectivity index (χ4v) is 3.60. The van der Waals surface area contributed by atoms with E-state index in [2.05, 4.69) is 63.6 Å². The molecule has 27 heavy (non-hydrogen) atoms. The van der Waals surface area contributed by atoms with Gasteiger partial charge >= 0.3 is 6.09 Å². The lowest BCUT2D eigenvalue weighted by atomic mass is 9.96. The second-order valence-corrected chi connectivity index (χ2v) is 7.09. The number of anilines is 1. The van der Waals surface area contributed by atoms with Gasteiger partial charge in [0.2, 0.25) is 0 Å². The Morgan fingerprint density at radius 1 is 1.15 bits per heavy atom. The molecule has 5 nitrogen and oxygen atoms in total. The van der Waals surface area contributed by atoms with E-state index in [1.807, 2.05) is 21.0 Å². The van der Waals surface area contributed by atoms with Gasteiger partial charge in [-0.3, -0.25) is 4.90 Å². The molecule has 1 heterocycles. The number of carbonyl (C=O) groups excluding carboxylic acids is 1. The third-order valence-corrected chi connectivity index (χ3v) is 5.11. The molecule has 0 fully saturated rings. The number of nitrogens with one attached hydrogen (secondary N) is 1. The molecular formula is C22H29N3O2. The summed E-state index contributed by atoms with van der Waals surface area (Å²) in [4.78, 5) is 16.4. The Kier molecular flexibility index (Phi) is 6.35. The molecule has 1 aliphatic heterocycles. The molecule has 1 aliphatic rings. The number of hydrogen-bond acceptors (Lipinski definition) is 4. The van der Waals surface area contributed by atoms with Gasteiger partial charge in [-0.05, 0) is 42.2 Å². The number of rotatable bonds is 6. The van der Waals surface area contributed by atoms with Crippen LogP contribution >= 0.6 is 0 Å². The summed E-state index contributed by atoms with van der Waals surface area (Å²) in [6.45, 7) is 4.59. The zero-order valence-corrected chi connectivity index (χ0v) is 16.4. The van der Waals surface area contributed by atoms with E-state index >= 15 is 0 Å².